The summed E-state index contributed by atoms with van der Waals surface area (Å²) in [7, 11) is 0. The Morgan fingerprint density at radius 2 is 0.707 bits per heavy atom. The van der Waals surface area contributed by atoms with Gasteiger partial charge in [0.1, 0.15) is 60.0 Å². The lowest BCUT2D eigenvalue weighted by Gasteiger charge is -2.31. The molecule has 0 unspecified atom stereocenters. The average Bonchev–Trinajstić information content (AvgIpc) is 1.53. The number of alkyl halides is 2. The van der Waals surface area contributed by atoms with Crippen molar-refractivity contribution in [3.63, 3.8) is 0 Å². The third-order valence-corrected chi connectivity index (χ3v) is 33.6. The van der Waals surface area contributed by atoms with E-state index in [2.05, 4.69) is 79.7 Å². The zero-order valence-corrected chi connectivity index (χ0v) is 90.0. The molecule has 150 heavy (non-hydrogen) atoms. The normalized spacial score (nSPS) is 22.6. The van der Waals surface area contributed by atoms with Crippen LogP contribution in [0, 0.1) is 89.9 Å². The van der Waals surface area contributed by atoms with E-state index in [1.54, 1.807) is 48.6 Å². The van der Waals surface area contributed by atoms with Crippen LogP contribution >= 0.6 is 0 Å². The highest BCUT2D eigenvalue weighted by Crippen LogP contribution is 2.65. The number of hydrogen-bond acceptors (Lipinski definition) is 22. The molecule has 9 aromatic heterocycles. The maximum absolute atomic E-state index is 15.1. The number of Topliss-reactive ketones (excluding diaryl/α,β-unsaturated/α-hetero) is 7. The molecule has 5 fully saturated rings. The van der Waals surface area contributed by atoms with Crippen molar-refractivity contribution in [1.82, 2.24) is 88.9 Å². The fraction of sp³-hybridized carbons (Fsp3) is 0.517. The first-order valence-corrected chi connectivity index (χ1v) is 54.2. The van der Waals surface area contributed by atoms with Crippen LogP contribution in [0.4, 0.5) is 8.78 Å². The smallest absolute Gasteiger partial charge is 0.248 e. The molecule has 8 atom stereocenters. The number of halogens is 2. The molecule has 3 saturated heterocycles. The largest absolute Gasteiger partial charge is 0.331 e. The van der Waals surface area contributed by atoms with E-state index in [4.69, 9.17) is 20.3 Å². The first kappa shape index (κ1) is 107. The van der Waals surface area contributed by atoms with E-state index in [0.717, 1.165) is 189 Å². The Kier molecular flexibility index (Phi) is 31.0. The van der Waals surface area contributed by atoms with E-state index in [9.17, 15) is 47.9 Å². The van der Waals surface area contributed by atoms with Crippen molar-refractivity contribution in [1.29, 1.82) is 0 Å². The number of hydrogen-bond donors (Lipinski definition) is 0. The SMILES string of the molecule is CC(=O)c1nn2c3c(cc(-c4cnc(C)nc4)cc13)CCCCCC(C)(C)CCC[C@@]13C[C@@H](C(=O)Cc4nc(C)ccc4C)N(C(=O)C2)[C@@H]1C3.CC(=O)c1nn2c3c(cc(-c4cnc(C)nc4)cc13)CCCCCC(F)(F)CCC[C@@]13C[C@@H](C(=O)Cc4nc(C)ccc4C)N(C(=O)C2)[C@@H]1C3.CC(=O)c1nn2c3c(cc(-c4cnc(C)nc4)cc13)CCCCCCC(=O)CC(C)(C)[C@H]1C[C@@H](C(=O)Cc3nc(C)ccc3C)N(C1)C(=O)C2. The number of benzene rings is 3. The number of aromatic nitrogens is 15. The Balaban J connectivity index is 0.000000147. The summed E-state index contributed by atoms with van der Waals surface area (Å²) < 4.78 is 35.2. The molecule has 6 bridgehead atoms. The molecular formula is C120H142F2N18O10. The second kappa shape index (κ2) is 43.6. The summed E-state index contributed by atoms with van der Waals surface area (Å²) in [6.45, 7) is 30.7. The van der Waals surface area contributed by atoms with Crippen LogP contribution in [0.5, 0.6) is 0 Å². The number of piperidine rings is 2. The molecule has 0 spiro atoms. The quantitative estimate of drug-likeness (QED) is 0.0860. The zero-order chi connectivity index (χ0) is 106. The summed E-state index contributed by atoms with van der Waals surface area (Å²) >= 11 is 0. The van der Waals surface area contributed by atoms with Crippen LogP contribution in [-0.4, -0.2) is 190 Å². The van der Waals surface area contributed by atoms with Crippen LogP contribution in [0.25, 0.3) is 66.1 Å². The standard InChI is InChI=1S/C41H50N6O3.C40H48N6O4.C39H44F2N6O3/c1-25-12-13-26(2)44-33(25)19-35(49)34-20-41-16-10-15-40(5,6)14-9-7-8-11-29-17-30(31-22-42-28(4)43-23-31)18-32-38(27(3)48)45-46(39(29)32)24-37(50)47(34)36(41)21-41;1-24-13-14-25(2)43-34(24)18-36(49)35-17-31-22-45(35)37(50)23-46-39-28(11-9-7-8-10-12-32(48)19-40(31,5)6)15-29(30-20-41-27(4)42-21-30)16-33(39)38(44-46)26(3)47;1-23-10-11-24(2)44-31(23)17-33(49)32-18-38-12-8-14-39(40,41)13-7-5-6-9-27-15-28(29-20-42-26(4)43-21-29)16-30-36(25(3)48)45-46(37(27)30)22-35(50)47(32)34(38)19-38/h12-13,17-18,22-23,34,36H,7-11,14-16,19-21,24H2,1-6H3;13-16,20-21,31,35H,7-12,17-19,22-23H2,1-6H3;10-11,15-16,20-21,32,34H,5-9,12-14,17-19,22H2,1-4H3/t34-,36+,41-;31-,35-;32-,34+,38-/m000/s1. The van der Waals surface area contributed by atoms with Crippen LogP contribution < -0.4 is 0 Å². The number of aryl methyl sites for hydroxylation is 12. The topological polar surface area (TPSA) is 350 Å². The second-order valence-electron chi connectivity index (χ2n) is 46.1. The fourth-order valence-electron chi connectivity index (χ4n) is 24.9. The van der Waals surface area contributed by atoms with E-state index in [-0.39, 0.29) is 155 Å². The molecule has 30 heteroatoms. The minimum absolute atomic E-state index is 0.0119. The minimum Gasteiger partial charge on any atom is -0.331 e. The van der Waals surface area contributed by atoms with Gasteiger partial charge in [-0.15, -0.1) is 0 Å². The summed E-state index contributed by atoms with van der Waals surface area (Å²) in [4.78, 5) is 184. The number of pyridine rings is 3. The number of rotatable bonds is 15. The molecule has 0 N–H and O–H groups in total. The van der Waals surface area contributed by atoms with Crippen molar-refractivity contribution >= 4 is 90.9 Å². The second-order valence-corrected chi connectivity index (χ2v) is 46.1. The number of ketones is 7. The van der Waals surface area contributed by atoms with Gasteiger partial charge in [-0.2, -0.15) is 15.3 Å². The van der Waals surface area contributed by atoms with Gasteiger partial charge in [0, 0.05) is 152 Å². The summed E-state index contributed by atoms with van der Waals surface area (Å²) in [5.41, 5.74) is 18.3. The molecule has 2 saturated carbocycles. The van der Waals surface area contributed by atoms with Crippen molar-refractivity contribution in [3.05, 3.63) is 212 Å². The van der Waals surface area contributed by atoms with Gasteiger partial charge in [0.2, 0.25) is 23.6 Å². The molecule has 8 aliphatic rings. The lowest BCUT2D eigenvalue weighted by molar-refractivity contribution is -0.139. The predicted octanol–water partition coefficient (Wildman–Crippen LogP) is 21.1. The van der Waals surface area contributed by atoms with Crippen molar-refractivity contribution < 1.29 is 56.7 Å². The summed E-state index contributed by atoms with van der Waals surface area (Å²) in [6, 6.07) is 21.9. The van der Waals surface area contributed by atoms with E-state index >= 15 is 8.78 Å². The summed E-state index contributed by atoms with van der Waals surface area (Å²) in [5, 5.41) is 16.4. The highest BCUT2D eigenvalue weighted by molar-refractivity contribution is 6.10. The minimum atomic E-state index is -2.76. The average molecular weight is 2030 g/mol. The Morgan fingerprint density at radius 3 is 1.09 bits per heavy atom. The van der Waals surface area contributed by atoms with E-state index in [0.29, 0.717) is 141 Å². The first-order chi connectivity index (χ1) is 71.5. The van der Waals surface area contributed by atoms with E-state index in [1.807, 2.05) is 140 Å². The molecule has 12 aromatic rings. The predicted molar refractivity (Wildman–Crippen MR) is 571 cm³/mol. The lowest BCUT2D eigenvalue weighted by Crippen LogP contribution is -2.45. The third kappa shape index (κ3) is 23.3. The number of nitrogens with zero attached hydrogens (tertiary/aromatic N) is 18. The monoisotopic (exact) mass is 2030 g/mol. The highest BCUT2D eigenvalue weighted by atomic mass is 19.3. The molecule has 786 valence electrons. The van der Waals surface area contributed by atoms with Gasteiger partial charge in [-0.3, -0.25) is 76.9 Å². The molecule has 0 radical (unpaired) electrons. The van der Waals surface area contributed by atoms with Crippen LogP contribution in [0.1, 0.15) is 325 Å². The molecule has 6 aliphatic heterocycles. The Bertz CT molecular complexity index is 7000. The molecule has 20 rings (SSSR count). The van der Waals surface area contributed by atoms with Crippen molar-refractivity contribution in [2.45, 2.75) is 366 Å². The third-order valence-electron chi connectivity index (χ3n) is 33.6. The maximum Gasteiger partial charge on any atom is 0.248 e. The lowest BCUT2D eigenvalue weighted by atomic mass is 9.73. The van der Waals surface area contributed by atoms with Crippen molar-refractivity contribution in [3.8, 4) is 33.4 Å². The van der Waals surface area contributed by atoms with Gasteiger partial charge < -0.3 is 14.7 Å². The van der Waals surface area contributed by atoms with E-state index in [1.165, 1.54) is 27.2 Å². The highest BCUT2D eigenvalue weighted by Gasteiger charge is 2.68. The van der Waals surface area contributed by atoms with Gasteiger partial charge in [0.15, 0.2) is 34.7 Å². The van der Waals surface area contributed by atoms with Gasteiger partial charge in [-0.25, -0.2) is 38.7 Å². The van der Waals surface area contributed by atoms with Gasteiger partial charge in [-0.05, 0) is 310 Å². The fourth-order valence-corrected chi connectivity index (χ4v) is 24.9. The number of fused-ring (bicyclic) bond motifs is 2. The van der Waals surface area contributed by atoms with Gasteiger partial charge in [-0.1, -0.05) is 84.4 Å². The summed E-state index contributed by atoms with van der Waals surface area (Å²) in [5.74, 6) is -1.81. The maximum atomic E-state index is 15.1. The molecule has 2 aliphatic carbocycles. The Morgan fingerprint density at radius 1 is 0.373 bits per heavy atom. The van der Waals surface area contributed by atoms with Gasteiger partial charge >= 0.3 is 0 Å². The molecular weight excluding hydrogens is 1890 g/mol. The number of carbonyl (C=O) groups excluding carboxylic acids is 10. The summed E-state index contributed by atoms with van der Waals surface area (Å²) in [6.07, 6.45) is 31.0. The van der Waals surface area contributed by atoms with Crippen molar-refractivity contribution in [2.24, 2.45) is 27.6 Å². The molecule has 3 amide bonds. The number of carbonyl (C=O) groups is 10. The van der Waals surface area contributed by atoms with Crippen LogP contribution in [0.3, 0.4) is 0 Å². The number of amides is 3. The van der Waals surface area contributed by atoms with Crippen LogP contribution in [0.15, 0.2) is 110 Å². The van der Waals surface area contributed by atoms with Gasteiger partial charge in [0.25, 0.3) is 0 Å². The van der Waals surface area contributed by atoms with Gasteiger partial charge in [0.05, 0.1) is 71.0 Å². The molecule has 15 heterocycles. The Labute approximate surface area is 876 Å². The first-order valence-electron chi connectivity index (χ1n) is 54.2. The Hall–Kier alpha value is -13.3. The van der Waals surface area contributed by atoms with Crippen LogP contribution in [0.2, 0.25) is 0 Å². The molecule has 3 aromatic carbocycles. The van der Waals surface area contributed by atoms with Crippen molar-refractivity contribution in [2.75, 3.05) is 6.54 Å². The zero-order valence-electron chi connectivity index (χ0n) is 90.0. The molecule has 28 nitrogen and oxygen atoms in total. The van der Waals surface area contributed by atoms with E-state index < -0.39 is 24.0 Å². The van der Waals surface area contributed by atoms with Crippen LogP contribution in [-0.2, 0) is 91.7 Å².